The molecule has 8 nitrogen and oxygen atoms in total. The van der Waals surface area contributed by atoms with Crippen LogP contribution in [-0.4, -0.2) is 60.1 Å². The highest BCUT2D eigenvalue weighted by Crippen LogP contribution is 2.36. The minimum Gasteiger partial charge on any atom is -0.379 e. The normalized spacial score (nSPS) is 15.7. The Kier molecular flexibility index (Phi) is 7.52. The van der Waals surface area contributed by atoms with Crippen molar-refractivity contribution in [1.82, 2.24) is 15.2 Å². The molecule has 1 atom stereocenters. The number of amides is 1. The van der Waals surface area contributed by atoms with E-state index in [2.05, 4.69) is 60.2 Å². The van der Waals surface area contributed by atoms with Crippen molar-refractivity contribution in [2.24, 2.45) is 0 Å². The van der Waals surface area contributed by atoms with Crippen LogP contribution in [0.15, 0.2) is 48.7 Å². The van der Waals surface area contributed by atoms with Gasteiger partial charge in [-0.3, -0.25) is 19.8 Å². The topological polar surface area (TPSA) is 100 Å². The van der Waals surface area contributed by atoms with Crippen molar-refractivity contribution >= 4 is 22.5 Å². The number of fused-ring (bicyclic) bond motifs is 1. The number of nitro groups is 1. The molecule has 1 aliphatic heterocycles. The van der Waals surface area contributed by atoms with Gasteiger partial charge in [-0.05, 0) is 28.2 Å². The molecule has 1 saturated heterocycles. The first kappa shape index (κ1) is 24.9. The van der Waals surface area contributed by atoms with Gasteiger partial charge in [0.1, 0.15) is 0 Å². The van der Waals surface area contributed by atoms with E-state index in [1.165, 1.54) is 11.6 Å². The van der Waals surface area contributed by atoms with Crippen molar-refractivity contribution in [1.29, 1.82) is 0 Å². The zero-order valence-electron chi connectivity index (χ0n) is 20.7. The number of carbonyl (C=O) groups is 1. The van der Waals surface area contributed by atoms with Crippen LogP contribution in [0, 0.1) is 10.1 Å². The van der Waals surface area contributed by atoms with Gasteiger partial charge in [0.15, 0.2) is 0 Å². The first-order valence-electron chi connectivity index (χ1n) is 12.1. The van der Waals surface area contributed by atoms with E-state index in [0.717, 1.165) is 54.9 Å². The Morgan fingerprint density at radius 2 is 1.89 bits per heavy atom. The van der Waals surface area contributed by atoms with Crippen LogP contribution < -0.4 is 5.32 Å². The maximum atomic E-state index is 13.0. The number of nitrogens with zero attached hydrogens (tertiary/aromatic N) is 2. The van der Waals surface area contributed by atoms with Crippen molar-refractivity contribution in [2.45, 2.75) is 38.5 Å². The van der Waals surface area contributed by atoms with Crippen LogP contribution in [0.25, 0.3) is 10.9 Å². The number of rotatable bonds is 8. The summed E-state index contributed by atoms with van der Waals surface area (Å²) in [4.78, 5) is 29.5. The predicted molar refractivity (Wildman–Crippen MR) is 137 cm³/mol. The second-order valence-electron chi connectivity index (χ2n) is 10.2. The molecule has 1 aliphatic rings. The summed E-state index contributed by atoms with van der Waals surface area (Å²) in [6.07, 6.45) is 2.13. The van der Waals surface area contributed by atoms with E-state index in [1.54, 1.807) is 12.1 Å². The lowest BCUT2D eigenvalue weighted by Gasteiger charge is -2.26. The van der Waals surface area contributed by atoms with Crippen LogP contribution in [0.5, 0.6) is 0 Å². The first-order valence-corrected chi connectivity index (χ1v) is 12.1. The van der Waals surface area contributed by atoms with Crippen LogP contribution in [0.4, 0.5) is 5.69 Å². The molecular formula is C27H34N4O4. The molecule has 0 unspecified atom stereocenters. The molecule has 3 aromatic rings. The van der Waals surface area contributed by atoms with E-state index in [0.29, 0.717) is 6.54 Å². The molecule has 2 aromatic carbocycles. The van der Waals surface area contributed by atoms with Crippen molar-refractivity contribution in [3.8, 4) is 0 Å². The number of aromatic nitrogens is 1. The van der Waals surface area contributed by atoms with Gasteiger partial charge in [-0.15, -0.1) is 0 Å². The third-order valence-electron chi connectivity index (χ3n) is 6.71. The summed E-state index contributed by atoms with van der Waals surface area (Å²) < 4.78 is 5.38. The predicted octanol–water partition coefficient (Wildman–Crippen LogP) is 4.34. The molecule has 0 bridgehead atoms. The Hall–Kier alpha value is -3.23. The van der Waals surface area contributed by atoms with Gasteiger partial charge in [-0.1, -0.05) is 45.0 Å². The molecule has 0 aliphatic carbocycles. The number of benzene rings is 2. The quantitative estimate of drug-likeness (QED) is 0.370. The summed E-state index contributed by atoms with van der Waals surface area (Å²) in [6.45, 7) is 11.1. The van der Waals surface area contributed by atoms with E-state index >= 15 is 0 Å². The van der Waals surface area contributed by atoms with E-state index in [9.17, 15) is 14.9 Å². The average molecular weight is 479 g/mol. The second-order valence-corrected chi connectivity index (χ2v) is 10.2. The van der Waals surface area contributed by atoms with Gasteiger partial charge < -0.3 is 15.0 Å². The maximum absolute atomic E-state index is 13.0. The van der Waals surface area contributed by atoms with Crippen LogP contribution in [0.1, 0.15) is 49.8 Å². The number of hydrogen-bond donors (Lipinski definition) is 2. The molecule has 1 fully saturated rings. The van der Waals surface area contributed by atoms with Gasteiger partial charge in [-0.25, -0.2) is 0 Å². The number of nitro benzene ring substituents is 1. The number of morpholine rings is 1. The Balaban J connectivity index is 1.59. The molecule has 186 valence electrons. The van der Waals surface area contributed by atoms with Crippen LogP contribution in [0.2, 0.25) is 0 Å². The van der Waals surface area contributed by atoms with Gasteiger partial charge in [0, 0.05) is 67.8 Å². The van der Waals surface area contributed by atoms with Crippen LogP contribution in [-0.2, 0) is 14.9 Å². The highest BCUT2D eigenvalue weighted by atomic mass is 16.6. The molecule has 0 radical (unpaired) electrons. The molecule has 1 amide bonds. The summed E-state index contributed by atoms with van der Waals surface area (Å²) in [6, 6.07) is 13.2. The summed E-state index contributed by atoms with van der Waals surface area (Å²) in [5.41, 5.74) is 3.98. The monoisotopic (exact) mass is 478 g/mol. The number of aromatic amines is 1. The third kappa shape index (κ3) is 6.07. The molecule has 8 heteroatoms. The highest BCUT2D eigenvalue weighted by Gasteiger charge is 2.24. The molecule has 1 aromatic heterocycles. The fourth-order valence-electron chi connectivity index (χ4n) is 4.59. The Bertz CT molecular complexity index is 1170. The summed E-state index contributed by atoms with van der Waals surface area (Å²) in [5, 5.41) is 15.2. The van der Waals surface area contributed by atoms with Crippen LogP contribution in [0.3, 0.4) is 0 Å². The Labute approximate surface area is 205 Å². The van der Waals surface area contributed by atoms with Crippen molar-refractivity contribution in [2.75, 3.05) is 39.4 Å². The van der Waals surface area contributed by atoms with Gasteiger partial charge >= 0.3 is 0 Å². The fourth-order valence-corrected chi connectivity index (χ4v) is 4.59. The first-order chi connectivity index (χ1) is 16.7. The van der Waals surface area contributed by atoms with Crippen LogP contribution >= 0.6 is 0 Å². The number of non-ortho nitro benzene ring substituents is 1. The van der Waals surface area contributed by atoms with Crippen molar-refractivity contribution < 1.29 is 14.5 Å². The average Bonchev–Trinajstić information content (AvgIpc) is 3.26. The Morgan fingerprint density at radius 3 is 2.54 bits per heavy atom. The minimum atomic E-state index is -0.387. The number of ether oxygens (including phenoxy) is 1. The minimum absolute atomic E-state index is 0.0201. The molecule has 4 rings (SSSR count). The number of H-pyrrole nitrogens is 1. The zero-order valence-corrected chi connectivity index (χ0v) is 20.7. The van der Waals surface area contributed by atoms with Gasteiger partial charge in [0.25, 0.3) is 5.69 Å². The number of nitrogens with one attached hydrogen (secondary N) is 2. The lowest BCUT2D eigenvalue weighted by atomic mass is 9.83. The maximum Gasteiger partial charge on any atom is 0.270 e. The van der Waals surface area contributed by atoms with Crippen molar-refractivity contribution in [3.05, 3.63) is 75.5 Å². The van der Waals surface area contributed by atoms with E-state index in [1.807, 2.05) is 6.20 Å². The van der Waals surface area contributed by atoms with Gasteiger partial charge in [0.05, 0.1) is 18.1 Å². The lowest BCUT2D eigenvalue weighted by Crippen LogP contribution is -2.41. The summed E-state index contributed by atoms with van der Waals surface area (Å²) in [5.74, 6) is -0.272. The van der Waals surface area contributed by atoms with Crippen molar-refractivity contribution in [3.63, 3.8) is 0 Å². The summed E-state index contributed by atoms with van der Waals surface area (Å²) in [7, 11) is 0. The van der Waals surface area contributed by atoms with Gasteiger partial charge in [0.2, 0.25) is 5.91 Å². The second kappa shape index (κ2) is 10.6. The smallest absolute Gasteiger partial charge is 0.270 e. The molecular weight excluding hydrogens is 444 g/mol. The third-order valence-corrected chi connectivity index (χ3v) is 6.71. The molecule has 2 N–H and O–H groups in total. The zero-order chi connectivity index (χ0) is 25.0. The summed E-state index contributed by atoms with van der Waals surface area (Å²) >= 11 is 0. The molecule has 35 heavy (non-hydrogen) atoms. The van der Waals surface area contributed by atoms with E-state index in [-0.39, 0.29) is 34.3 Å². The molecule has 0 saturated carbocycles. The van der Waals surface area contributed by atoms with E-state index < -0.39 is 0 Å². The standard InChI is InChI=1S/C27H34N4O4/c1-27(2,3)20-6-4-19(5-7-20)22(17-26(32)28-10-11-30-12-14-35-15-13-30)24-18-29-25-9-8-21(31(33)34)16-23(24)25/h4-9,16,18,22,29H,10-15,17H2,1-3H3,(H,28,32)/t22-/m1/s1. The number of carbonyl (C=O) groups excluding carboxylic acids is 1. The van der Waals surface area contributed by atoms with E-state index in [4.69, 9.17) is 4.74 Å². The molecule has 2 heterocycles. The highest BCUT2D eigenvalue weighted by molar-refractivity contribution is 5.87. The number of hydrogen-bond acceptors (Lipinski definition) is 5. The SMILES string of the molecule is CC(C)(C)c1ccc([C@@H](CC(=O)NCCN2CCOCC2)c2c[nH]c3ccc([N+](=O)[O-])cc23)cc1. The van der Waals surface area contributed by atoms with Gasteiger partial charge in [-0.2, -0.15) is 0 Å². The lowest BCUT2D eigenvalue weighted by molar-refractivity contribution is -0.384. The largest absolute Gasteiger partial charge is 0.379 e. The fraction of sp³-hybridized carbons (Fsp3) is 0.444. The molecule has 0 spiro atoms. The Morgan fingerprint density at radius 1 is 1.17 bits per heavy atom.